The van der Waals surface area contributed by atoms with E-state index in [1.165, 1.54) is 38.5 Å². The first-order valence-electron chi connectivity index (χ1n) is 19.2. The Morgan fingerprint density at radius 3 is 1.91 bits per heavy atom. The van der Waals surface area contributed by atoms with Crippen molar-refractivity contribution < 1.29 is 4.42 Å². The number of nitrogens with zero attached hydrogens (tertiary/aromatic N) is 5. The zero-order valence-electron chi connectivity index (χ0n) is 31.1. The molecule has 0 aliphatic carbocycles. The van der Waals surface area contributed by atoms with Crippen molar-refractivity contribution in [2.24, 2.45) is 0 Å². The smallest absolute Gasteiger partial charge is 0.164 e. The summed E-state index contributed by atoms with van der Waals surface area (Å²) in [6.45, 7) is 0. The molecule has 0 fully saturated rings. The van der Waals surface area contributed by atoms with Gasteiger partial charge in [0.15, 0.2) is 17.5 Å². The second kappa shape index (κ2) is 13.3. The van der Waals surface area contributed by atoms with Crippen LogP contribution in [0.4, 0.5) is 0 Å². The lowest BCUT2D eigenvalue weighted by atomic mass is 9.95. The van der Waals surface area contributed by atoms with Crippen LogP contribution >= 0.6 is 0 Å². The summed E-state index contributed by atoms with van der Waals surface area (Å²) in [7, 11) is 2.15. The largest absolute Gasteiger partial charge is 0.456 e. The van der Waals surface area contributed by atoms with Crippen LogP contribution in [-0.4, -0.2) is 31.5 Å². The number of aromatic nitrogens is 4. The second-order valence-corrected chi connectivity index (χ2v) is 14.5. The summed E-state index contributed by atoms with van der Waals surface area (Å²) in [5.74, 6) is 1.86. The Hall–Kier alpha value is -7.57. The van der Waals surface area contributed by atoms with Crippen molar-refractivity contribution in [3.8, 4) is 39.9 Å². The molecular formula is C51H35N5O. The van der Waals surface area contributed by atoms with Crippen molar-refractivity contribution in [2.75, 3.05) is 7.05 Å². The van der Waals surface area contributed by atoms with Crippen LogP contribution in [0.1, 0.15) is 17.2 Å². The maximum absolute atomic E-state index is 6.47. The first kappa shape index (κ1) is 32.8. The number of fused-ring (bicyclic) bond motifs is 6. The number of furan rings is 1. The molecule has 0 N–H and O–H groups in total. The normalized spacial score (nSPS) is 14.2. The van der Waals surface area contributed by atoms with Gasteiger partial charge in [0.2, 0.25) is 0 Å². The molecule has 1 atom stereocenters. The van der Waals surface area contributed by atoms with Crippen LogP contribution in [0.15, 0.2) is 193 Å². The van der Waals surface area contributed by atoms with Gasteiger partial charge in [0.1, 0.15) is 11.2 Å². The number of para-hydroxylation sites is 2. The van der Waals surface area contributed by atoms with Gasteiger partial charge in [0, 0.05) is 57.2 Å². The van der Waals surface area contributed by atoms with Crippen molar-refractivity contribution in [3.05, 3.63) is 199 Å². The highest BCUT2D eigenvalue weighted by atomic mass is 16.3. The maximum Gasteiger partial charge on any atom is 0.164 e. The third-order valence-corrected chi connectivity index (χ3v) is 11.1. The van der Waals surface area contributed by atoms with Crippen LogP contribution in [-0.2, 0) is 0 Å². The molecule has 0 bridgehead atoms. The Morgan fingerprint density at radius 1 is 0.509 bits per heavy atom. The Morgan fingerprint density at radius 2 is 1.18 bits per heavy atom. The number of hydrogen-bond acceptors (Lipinski definition) is 5. The van der Waals surface area contributed by atoms with Gasteiger partial charge in [-0.1, -0.05) is 133 Å². The molecule has 4 heterocycles. The topological polar surface area (TPSA) is 60.0 Å². The summed E-state index contributed by atoms with van der Waals surface area (Å²) in [5.41, 5.74) is 11.5. The Bertz CT molecular complexity index is 3140. The van der Waals surface area contributed by atoms with E-state index in [1.807, 2.05) is 72.8 Å². The highest BCUT2D eigenvalue weighted by Gasteiger charge is 2.22. The lowest BCUT2D eigenvalue weighted by Gasteiger charge is -2.29. The zero-order valence-corrected chi connectivity index (χ0v) is 31.1. The molecule has 11 rings (SSSR count). The third-order valence-electron chi connectivity index (χ3n) is 11.1. The van der Waals surface area contributed by atoms with Crippen molar-refractivity contribution >= 4 is 49.3 Å². The number of rotatable bonds is 6. The standard InChI is InChI=1S/C51H35N5O/c1-55-32-37(35-24-28-45-41(30-35)39-20-11-12-22-44(39)56(45)38-18-9-4-10-19-38)25-27-43(55)36-26-29-46-42(31-36)48-40(21-13-23-47(48)57-46)51-53-49(33-14-5-2-6-15-33)52-50(54-51)34-16-7-3-8-17-34/h2-32,43H,1H3. The Balaban J connectivity index is 0.975. The van der Waals surface area contributed by atoms with E-state index in [4.69, 9.17) is 19.4 Å². The van der Waals surface area contributed by atoms with Gasteiger partial charge in [-0.25, -0.2) is 15.0 Å². The van der Waals surface area contributed by atoms with E-state index in [-0.39, 0.29) is 6.04 Å². The monoisotopic (exact) mass is 733 g/mol. The molecule has 1 unspecified atom stereocenters. The second-order valence-electron chi connectivity index (χ2n) is 14.5. The van der Waals surface area contributed by atoms with Crippen molar-refractivity contribution in [2.45, 2.75) is 6.04 Å². The molecule has 0 amide bonds. The zero-order chi connectivity index (χ0) is 37.9. The van der Waals surface area contributed by atoms with Gasteiger partial charge in [-0.15, -0.1) is 0 Å². The van der Waals surface area contributed by atoms with E-state index in [0.29, 0.717) is 17.5 Å². The fourth-order valence-corrected chi connectivity index (χ4v) is 8.34. The molecule has 6 heteroatoms. The minimum Gasteiger partial charge on any atom is -0.456 e. The predicted octanol–water partition coefficient (Wildman–Crippen LogP) is 12.5. The fraction of sp³-hybridized carbons (Fsp3) is 0.0392. The van der Waals surface area contributed by atoms with E-state index < -0.39 is 0 Å². The maximum atomic E-state index is 6.47. The number of allylic oxidation sites excluding steroid dienone is 2. The molecule has 270 valence electrons. The summed E-state index contributed by atoms with van der Waals surface area (Å²) in [5, 5.41) is 4.50. The first-order valence-corrected chi connectivity index (χ1v) is 19.2. The van der Waals surface area contributed by atoms with E-state index in [9.17, 15) is 0 Å². The van der Waals surface area contributed by atoms with E-state index >= 15 is 0 Å². The van der Waals surface area contributed by atoms with E-state index in [2.05, 4.69) is 132 Å². The molecule has 57 heavy (non-hydrogen) atoms. The minimum absolute atomic E-state index is 0.0329. The summed E-state index contributed by atoms with van der Waals surface area (Å²) in [6, 6.07) is 58.9. The first-order chi connectivity index (χ1) is 28.2. The quantitative estimate of drug-likeness (QED) is 0.170. The summed E-state index contributed by atoms with van der Waals surface area (Å²) in [4.78, 5) is 17.3. The molecule has 7 aromatic carbocycles. The number of hydrogen-bond donors (Lipinski definition) is 0. The molecule has 0 spiro atoms. The van der Waals surface area contributed by atoms with Crippen LogP contribution in [0.25, 0.3) is 89.2 Å². The molecule has 6 nitrogen and oxygen atoms in total. The Labute approximate surface area is 329 Å². The number of benzene rings is 7. The molecule has 0 saturated carbocycles. The van der Waals surface area contributed by atoms with Crippen LogP contribution in [0, 0.1) is 0 Å². The van der Waals surface area contributed by atoms with Crippen LogP contribution < -0.4 is 0 Å². The highest BCUT2D eigenvalue weighted by Crippen LogP contribution is 2.40. The summed E-state index contributed by atoms with van der Waals surface area (Å²) < 4.78 is 8.82. The average molecular weight is 734 g/mol. The Kier molecular flexibility index (Phi) is 7.67. The lowest BCUT2D eigenvalue weighted by molar-refractivity contribution is 0.392. The molecule has 1 aliphatic rings. The van der Waals surface area contributed by atoms with Gasteiger partial charge >= 0.3 is 0 Å². The molecule has 10 aromatic rings. The summed E-state index contributed by atoms with van der Waals surface area (Å²) >= 11 is 0. The number of likely N-dealkylation sites (N-methyl/N-ethyl adjacent to an activating group) is 1. The summed E-state index contributed by atoms with van der Waals surface area (Å²) in [6.07, 6.45) is 6.81. The van der Waals surface area contributed by atoms with Crippen molar-refractivity contribution in [3.63, 3.8) is 0 Å². The van der Waals surface area contributed by atoms with Crippen LogP contribution in [0.3, 0.4) is 0 Å². The SMILES string of the molecule is CN1C=C(c2ccc3c(c2)c2ccccc2n3-c2ccccc2)C=CC1c1ccc2oc3cccc(-c4nc(-c5ccccc5)nc(-c5ccccc5)n4)c3c2c1. The van der Waals surface area contributed by atoms with Crippen molar-refractivity contribution in [1.82, 2.24) is 24.4 Å². The van der Waals surface area contributed by atoms with E-state index in [1.54, 1.807) is 0 Å². The van der Waals surface area contributed by atoms with Gasteiger partial charge in [0.05, 0.1) is 17.1 Å². The molecule has 1 aliphatic heterocycles. The van der Waals surface area contributed by atoms with Crippen LogP contribution in [0.5, 0.6) is 0 Å². The molecular weight excluding hydrogens is 699 g/mol. The van der Waals surface area contributed by atoms with Gasteiger partial charge in [-0.3, -0.25) is 0 Å². The molecule has 3 aromatic heterocycles. The van der Waals surface area contributed by atoms with E-state index in [0.717, 1.165) is 44.3 Å². The third kappa shape index (κ3) is 5.61. The van der Waals surface area contributed by atoms with Crippen LogP contribution in [0.2, 0.25) is 0 Å². The lowest BCUT2D eigenvalue weighted by Crippen LogP contribution is -2.20. The highest BCUT2D eigenvalue weighted by molar-refractivity contribution is 6.12. The minimum atomic E-state index is 0.0329. The van der Waals surface area contributed by atoms with Gasteiger partial charge < -0.3 is 13.9 Å². The van der Waals surface area contributed by atoms with Crippen molar-refractivity contribution in [1.29, 1.82) is 0 Å². The predicted molar refractivity (Wildman–Crippen MR) is 232 cm³/mol. The fourth-order valence-electron chi connectivity index (χ4n) is 8.34. The van der Waals surface area contributed by atoms with Gasteiger partial charge in [-0.2, -0.15) is 0 Å². The van der Waals surface area contributed by atoms with Gasteiger partial charge in [0.25, 0.3) is 0 Å². The average Bonchev–Trinajstić information content (AvgIpc) is 3.82. The molecule has 0 radical (unpaired) electrons. The molecule has 0 saturated heterocycles. The van der Waals surface area contributed by atoms with Gasteiger partial charge in [-0.05, 0) is 65.2 Å².